The number of hydrogen-bond donors (Lipinski definition) is 1. The van der Waals surface area contributed by atoms with Crippen molar-refractivity contribution in [2.45, 2.75) is 26.5 Å². The van der Waals surface area contributed by atoms with Crippen LogP contribution in [-0.4, -0.2) is 6.10 Å². The van der Waals surface area contributed by atoms with Gasteiger partial charge in [-0.3, -0.25) is 4.84 Å². The molecule has 0 unspecified atom stereocenters. The predicted octanol–water partition coefficient (Wildman–Crippen LogP) is 3.30. The van der Waals surface area contributed by atoms with Crippen LogP contribution in [0.15, 0.2) is 28.7 Å². The Balaban J connectivity index is 0.00000169. The maximum atomic E-state index is 5.21. The molecule has 1 aromatic rings. The van der Waals surface area contributed by atoms with Crippen LogP contribution < -0.4 is 5.48 Å². The Morgan fingerprint density at radius 2 is 1.86 bits per heavy atom. The zero-order valence-electron chi connectivity index (χ0n) is 8.29. The van der Waals surface area contributed by atoms with Crippen molar-refractivity contribution in [2.75, 3.05) is 0 Å². The fraction of sp³-hybridized carbons (Fsp3) is 0.400. The van der Waals surface area contributed by atoms with E-state index in [4.69, 9.17) is 4.84 Å². The summed E-state index contributed by atoms with van der Waals surface area (Å²) < 4.78 is 1.10. The van der Waals surface area contributed by atoms with Gasteiger partial charge in [-0.15, -0.1) is 12.4 Å². The molecule has 80 valence electrons. The molecule has 1 rings (SSSR count). The van der Waals surface area contributed by atoms with Gasteiger partial charge in [0.2, 0.25) is 0 Å². The van der Waals surface area contributed by atoms with Gasteiger partial charge in [-0.1, -0.05) is 28.1 Å². The minimum atomic E-state index is 0. The molecule has 14 heavy (non-hydrogen) atoms. The highest BCUT2D eigenvalue weighted by Gasteiger charge is 1.94. The average Bonchev–Trinajstić information content (AvgIpc) is 2.08. The third-order valence-electron chi connectivity index (χ3n) is 1.51. The summed E-state index contributed by atoms with van der Waals surface area (Å²) in [4.78, 5) is 5.21. The van der Waals surface area contributed by atoms with Crippen molar-refractivity contribution in [1.82, 2.24) is 5.48 Å². The minimum absolute atomic E-state index is 0. The van der Waals surface area contributed by atoms with E-state index in [1.54, 1.807) is 0 Å². The van der Waals surface area contributed by atoms with E-state index in [-0.39, 0.29) is 18.5 Å². The smallest absolute Gasteiger partial charge is 0.0734 e. The first-order valence-electron chi connectivity index (χ1n) is 4.31. The molecule has 4 heteroatoms. The molecule has 0 aromatic heterocycles. The van der Waals surface area contributed by atoms with Crippen molar-refractivity contribution in [2.24, 2.45) is 0 Å². The second kappa shape index (κ2) is 7.23. The maximum Gasteiger partial charge on any atom is 0.0734 e. The second-order valence-corrected chi connectivity index (χ2v) is 4.03. The van der Waals surface area contributed by atoms with Crippen molar-refractivity contribution in [3.05, 3.63) is 34.3 Å². The molecular formula is C10H15BrClNO. The summed E-state index contributed by atoms with van der Waals surface area (Å²) in [5.74, 6) is 0. The third-order valence-corrected chi connectivity index (χ3v) is 2.04. The first-order chi connectivity index (χ1) is 6.18. The van der Waals surface area contributed by atoms with Gasteiger partial charge in [-0.05, 0) is 31.5 Å². The Hall–Kier alpha value is -0.0900. The Labute approximate surface area is 99.5 Å². The molecule has 0 radical (unpaired) electrons. The first-order valence-corrected chi connectivity index (χ1v) is 5.10. The average molecular weight is 281 g/mol. The molecule has 2 nitrogen and oxygen atoms in total. The standard InChI is InChI=1S/C10H14BrNO.ClH/c1-8(2)13-12-7-9-3-5-10(11)6-4-9;/h3-6,8,12H,7H2,1-2H3;1H. The van der Waals surface area contributed by atoms with Gasteiger partial charge in [0, 0.05) is 11.0 Å². The van der Waals surface area contributed by atoms with Gasteiger partial charge in [0.25, 0.3) is 0 Å². The SMILES string of the molecule is CC(C)ONCc1ccc(Br)cc1.Cl. The van der Waals surface area contributed by atoms with Crippen LogP contribution >= 0.6 is 28.3 Å². The molecule has 0 heterocycles. The van der Waals surface area contributed by atoms with E-state index in [9.17, 15) is 0 Å². The van der Waals surface area contributed by atoms with Crippen molar-refractivity contribution in [1.29, 1.82) is 0 Å². The van der Waals surface area contributed by atoms with E-state index in [1.165, 1.54) is 5.56 Å². The number of nitrogens with one attached hydrogen (secondary N) is 1. The van der Waals surface area contributed by atoms with Crippen LogP contribution in [-0.2, 0) is 11.4 Å². The number of rotatable bonds is 4. The summed E-state index contributed by atoms with van der Waals surface area (Å²) in [5, 5.41) is 0. The lowest BCUT2D eigenvalue weighted by atomic mass is 10.2. The molecule has 0 aliphatic rings. The lowest BCUT2D eigenvalue weighted by Crippen LogP contribution is -2.18. The summed E-state index contributed by atoms with van der Waals surface area (Å²) >= 11 is 3.39. The van der Waals surface area contributed by atoms with Gasteiger partial charge in [0.1, 0.15) is 0 Å². The monoisotopic (exact) mass is 279 g/mol. The van der Waals surface area contributed by atoms with Crippen LogP contribution in [0, 0.1) is 0 Å². The Bertz CT molecular complexity index is 251. The van der Waals surface area contributed by atoms with E-state index in [0.717, 1.165) is 11.0 Å². The lowest BCUT2D eigenvalue weighted by molar-refractivity contribution is -0.00883. The molecule has 0 saturated heterocycles. The molecule has 1 aromatic carbocycles. The van der Waals surface area contributed by atoms with Crippen molar-refractivity contribution in [3.8, 4) is 0 Å². The van der Waals surface area contributed by atoms with Crippen molar-refractivity contribution >= 4 is 28.3 Å². The first kappa shape index (κ1) is 13.9. The highest BCUT2D eigenvalue weighted by atomic mass is 79.9. The third kappa shape index (κ3) is 5.60. The maximum absolute atomic E-state index is 5.21. The number of benzene rings is 1. The molecule has 0 fully saturated rings. The minimum Gasteiger partial charge on any atom is -0.299 e. The highest BCUT2D eigenvalue weighted by Crippen LogP contribution is 2.10. The van der Waals surface area contributed by atoms with Gasteiger partial charge in [-0.2, -0.15) is 5.48 Å². The van der Waals surface area contributed by atoms with E-state index in [0.29, 0.717) is 0 Å². The second-order valence-electron chi connectivity index (χ2n) is 3.11. The number of hydrogen-bond acceptors (Lipinski definition) is 2. The summed E-state index contributed by atoms with van der Waals surface area (Å²) in [6, 6.07) is 8.15. The molecule has 0 aliphatic carbocycles. The molecule has 0 atom stereocenters. The van der Waals surface area contributed by atoms with E-state index < -0.39 is 0 Å². The Morgan fingerprint density at radius 1 is 1.29 bits per heavy atom. The molecule has 0 bridgehead atoms. The number of halogens is 2. The van der Waals surface area contributed by atoms with E-state index >= 15 is 0 Å². The zero-order valence-corrected chi connectivity index (χ0v) is 10.7. The molecule has 1 N–H and O–H groups in total. The largest absolute Gasteiger partial charge is 0.299 e. The van der Waals surface area contributed by atoms with Crippen LogP contribution in [0.2, 0.25) is 0 Å². The summed E-state index contributed by atoms with van der Waals surface area (Å²) in [6.07, 6.45) is 0.218. The summed E-state index contributed by atoms with van der Waals surface area (Å²) in [5.41, 5.74) is 4.12. The van der Waals surface area contributed by atoms with Crippen molar-refractivity contribution < 1.29 is 4.84 Å². The van der Waals surface area contributed by atoms with Crippen LogP contribution in [0.5, 0.6) is 0 Å². The van der Waals surface area contributed by atoms with Crippen LogP contribution in [0.1, 0.15) is 19.4 Å². The predicted molar refractivity (Wildman–Crippen MR) is 64.5 cm³/mol. The Morgan fingerprint density at radius 3 is 2.36 bits per heavy atom. The van der Waals surface area contributed by atoms with Gasteiger partial charge in [0.05, 0.1) is 6.10 Å². The summed E-state index contributed by atoms with van der Waals surface area (Å²) in [6.45, 7) is 4.73. The van der Waals surface area contributed by atoms with Crippen LogP contribution in [0.3, 0.4) is 0 Å². The Kier molecular flexibility index (Phi) is 7.19. The van der Waals surface area contributed by atoms with E-state index in [2.05, 4.69) is 33.5 Å². The fourth-order valence-electron chi connectivity index (χ4n) is 0.894. The van der Waals surface area contributed by atoms with Gasteiger partial charge >= 0.3 is 0 Å². The van der Waals surface area contributed by atoms with Gasteiger partial charge in [0.15, 0.2) is 0 Å². The molecule has 0 aliphatic heterocycles. The van der Waals surface area contributed by atoms with Gasteiger partial charge < -0.3 is 0 Å². The molecule has 0 saturated carbocycles. The van der Waals surface area contributed by atoms with Crippen molar-refractivity contribution in [3.63, 3.8) is 0 Å². The highest BCUT2D eigenvalue weighted by molar-refractivity contribution is 9.10. The molecule has 0 amide bonds. The quantitative estimate of drug-likeness (QED) is 0.855. The van der Waals surface area contributed by atoms with Gasteiger partial charge in [-0.25, -0.2) is 0 Å². The van der Waals surface area contributed by atoms with Crippen LogP contribution in [0.4, 0.5) is 0 Å². The lowest BCUT2D eigenvalue weighted by Gasteiger charge is -2.08. The van der Waals surface area contributed by atoms with E-state index in [1.807, 2.05) is 26.0 Å². The number of hydroxylamine groups is 1. The topological polar surface area (TPSA) is 21.3 Å². The summed E-state index contributed by atoms with van der Waals surface area (Å²) in [7, 11) is 0. The molecule has 0 spiro atoms. The zero-order chi connectivity index (χ0) is 9.68. The molecular weight excluding hydrogens is 265 g/mol. The normalized spacial score (nSPS) is 10.0. The fourth-order valence-corrected chi connectivity index (χ4v) is 1.16. The van der Waals surface area contributed by atoms with Crippen LogP contribution in [0.25, 0.3) is 0 Å².